The van der Waals surface area contributed by atoms with Gasteiger partial charge in [0.25, 0.3) is 0 Å². The van der Waals surface area contributed by atoms with Crippen LogP contribution in [-0.4, -0.2) is 5.67 Å². The average Bonchev–Trinajstić information content (AvgIpc) is 2.74. The molecule has 2 rings (SSSR count). The third kappa shape index (κ3) is 1.66. The van der Waals surface area contributed by atoms with Crippen LogP contribution in [0.4, 0.5) is 4.39 Å². The minimum absolute atomic E-state index is 0.604. The average molecular weight is 164 g/mol. The number of aryl methyl sites for hydroxylation is 1. The Labute approximate surface area is 72.4 Å². The number of hydrogen-bond acceptors (Lipinski definition) is 0. The maximum Gasteiger partial charge on any atom is 0.115 e. The van der Waals surface area contributed by atoms with Crippen LogP contribution in [0.15, 0.2) is 24.3 Å². The molecule has 0 heterocycles. The molecule has 1 aromatic carbocycles. The van der Waals surface area contributed by atoms with Gasteiger partial charge < -0.3 is 0 Å². The second-order valence-electron chi connectivity index (χ2n) is 3.81. The van der Waals surface area contributed by atoms with E-state index in [1.54, 1.807) is 0 Å². The molecule has 0 bridgehead atoms. The number of alkyl halides is 1. The summed E-state index contributed by atoms with van der Waals surface area (Å²) in [7, 11) is 0. The minimum atomic E-state index is -0.852. The molecule has 1 aliphatic carbocycles. The molecule has 0 aromatic heterocycles. The first-order chi connectivity index (χ1) is 5.68. The summed E-state index contributed by atoms with van der Waals surface area (Å²) >= 11 is 0. The van der Waals surface area contributed by atoms with Gasteiger partial charge in [-0.2, -0.15) is 0 Å². The zero-order valence-electron chi connectivity index (χ0n) is 7.31. The lowest BCUT2D eigenvalue weighted by Gasteiger charge is -2.04. The van der Waals surface area contributed by atoms with Gasteiger partial charge >= 0.3 is 0 Å². The molecule has 64 valence electrons. The monoisotopic (exact) mass is 164 g/mol. The van der Waals surface area contributed by atoms with Gasteiger partial charge in [-0.3, -0.25) is 0 Å². The van der Waals surface area contributed by atoms with Crippen molar-refractivity contribution >= 4 is 0 Å². The summed E-state index contributed by atoms with van der Waals surface area (Å²) in [5, 5.41) is 0. The first-order valence-electron chi connectivity index (χ1n) is 4.42. The molecule has 0 saturated heterocycles. The van der Waals surface area contributed by atoms with Crippen LogP contribution in [0, 0.1) is 6.92 Å². The van der Waals surface area contributed by atoms with Gasteiger partial charge in [-0.15, -0.1) is 0 Å². The van der Waals surface area contributed by atoms with Crippen LogP contribution in [0.5, 0.6) is 0 Å². The summed E-state index contributed by atoms with van der Waals surface area (Å²) in [5.41, 5.74) is 1.51. The van der Waals surface area contributed by atoms with Crippen LogP contribution in [0.3, 0.4) is 0 Å². The molecule has 1 aliphatic rings. The van der Waals surface area contributed by atoms with Crippen LogP contribution in [0.25, 0.3) is 0 Å². The van der Waals surface area contributed by atoms with Crippen molar-refractivity contribution in [1.82, 2.24) is 0 Å². The van der Waals surface area contributed by atoms with Crippen molar-refractivity contribution in [2.75, 3.05) is 0 Å². The van der Waals surface area contributed by atoms with Crippen molar-refractivity contribution in [2.24, 2.45) is 0 Å². The molecule has 0 nitrogen and oxygen atoms in total. The molecule has 1 fully saturated rings. The molecule has 1 saturated carbocycles. The summed E-state index contributed by atoms with van der Waals surface area (Å²) in [4.78, 5) is 0. The normalized spacial score (nSPS) is 19.2. The van der Waals surface area contributed by atoms with Crippen LogP contribution >= 0.6 is 0 Å². The van der Waals surface area contributed by atoms with Crippen molar-refractivity contribution in [3.8, 4) is 0 Å². The van der Waals surface area contributed by atoms with Crippen molar-refractivity contribution in [3.05, 3.63) is 35.4 Å². The predicted molar refractivity (Wildman–Crippen MR) is 48.0 cm³/mol. The Morgan fingerprint density at radius 3 is 2.33 bits per heavy atom. The molecule has 0 N–H and O–H groups in total. The van der Waals surface area contributed by atoms with Crippen molar-refractivity contribution in [1.29, 1.82) is 0 Å². The molecule has 0 amide bonds. The second kappa shape index (κ2) is 2.58. The third-order valence-electron chi connectivity index (χ3n) is 2.43. The fourth-order valence-electron chi connectivity index (χ4n) is 1.38. The van der Waals surface area contributed by atoms with E-state index in [0.717, 1.165) is 18.4 Å². The summed E-state index contributed by atoms with van der Waals surface area (Å²) < 4.78 is 13.3. The van der Waals surface area contributed by atoms with Gasteiger partial charge in [0, 0.05) is 6.42 Å². The molecule has 0 unspecified atom stereocenters. The summed E-state index contributed by atoms with van der Waals surface area (Å²) in [6.45, 7) is 2.05. The number of hydrogen-bond donors (Lipinski definition) is 0. The van der Waals surface area contributed by atoms with Gasteiger partial charge in [0.1, 0.15) is 5.67 Å². The molecular formula is C11H13F. The van der Waals surface area contributed by atoms with E-state index in [-0.39, 0.29) is 0 Å². The van der Waals surface area contributed by atoms with E-state index in [9.17, 15) is 4.39 Å². The SMILES string of the molecule is Cc1ccc(CC2(F)CC2)cc1. The van der Waals surface area contributed by atoms with E-state index in [2.05, 4.69) is 0 Å². The van der Waals surface area contributed by atoms with E-state index < -0.39 is 5.67 Å². The van der Waals surface area contributed by atoms with Crippen LogP contribution in [0.2, 0.25) is 0 Å². The zero-order chi connectivity index (χ0) is 8.60. The van der Waals surface area contributed by atoms with Crippen molar-refractivity contribution in [3.63, 3.8) is 0 Å². The molecular weight excluding hydrogens is 151 g/mol. The van der Waals surface area contributed by atoms with Crippen LogP contribution in [-0.2, 0) is 6.42 Å². The Kier molecular flexibility index (Phi) is 1.67. The van der Waals surface area contributed by atoms with Crippen molar-refractivity contribution in [2.45, 2.75) is 31.9 Å². The Morgan fingerprint density at radius 2 is 1.83 bits per heavy atom. The third-order valence-corrected chi connectivity index (χ3v) is 2.43. The quantitative estimate of drug-likeness (QED) is 0.630. The van der Waals surface area contributed by atoms with Gasteiger partial charge in [0.05, 0.1) is 0 Å². The lowest BCUT2D eigenvalue weighted by Crippen LogP contribution is -2.03. The van der Waals surface area contributed by atoms with Gasteiger partial charge in [-0.1, -0.05) is 29.8 Å². The Hall–Kier alpha value is -0.850. The number of halogens is 1. The number of rotatable bonds is 2. The van der Waals surface area contributed by atoms with Crippen molar-refractivity contribution < 1.29 is 4.39 Å². The van der Waals surface area contributed by atoms with E-state index in [1.165, 1.54) is 5.56 Å². The Morgan fingerprint density at radius 1 is 1.25 bits per heavy atom. The lowest BCUT2D eigenvalue weighted by molar-refractivity contribution is 0.308. The topological polar surface area (TPSA) is 0 Å². The molecule has 0 radical (unpaired) electrons. The van der Waals surface area contributed by atoms with Gasteiger partial charge in [-0.05, 0) is 25.3 Å². The lowest BCUT2D eigenvalue weighted by atomic mass is 10.1. The van der Waals surface area contributed by atoms with Crippen LogP contribution in [0.1, 0.15) is 24.0 Å². The van der Waals surface area contributed by atoms with E-state index in [4.69, 9.17) is 0 Å². The Balaban J connectivity index is 2.08. The fourth-order valence-corrected chi connectivity index (χ4v) is 1.38. The molecule has 0 spiro atoms. The summed E-state index contributed by atoms with van der Waals surface area (Å²) in [6, 6.07) is 8.13. The van der Waals surface area contributed by atoms with E-state index >= 15 is 0 Å². The van der Waals surface area contributed by atoms with Crippen LogP contribution < -0.4 is 0 Å². The minimum Gasteiger partial charge on any atom is -0.244 e. The molecule has 0 atom stereocenters. The Bertz CT molecular complexity index is 270. The molecule has 12 heavy (non-hydrogen) atoms. The first-order valence-corrected chi connectivity index (χ1v) is 4.42. The van der Waals surface area contributed by atoms with E-state index in [1.807, 2.05) is 31.2 Å². The highest BCUT2D eigenvalue weighted by atomic mass is 19.1. The fraction of sp³-hybridized carbons (Fsp3) is 0.455. The first kappa shape index (κ1) is 7.78. The molecule has 0 aliphatic heterocycles. The van der Waals surface area contributed by atoms with E-state index in [0.29, 0.717) is 6.42 Å². The number of benzene rings is 1. The predicted octanol–water partition coefficient (Wildman–Crippen LogP) is 3.04. The summed E-state index contributed by atoms with van der Waals surface area (Å²) in [6.07, 6.45) is 2.11. The van der Waals surface area contributed by atoms with Gasteiger partial charge in [0.15, 0.2) is 0 Å². The second-order valence-corrected chi connectivity index (χ2v) is 3.81. The highest BCUT2D eigenvalue weighted by Gasteiger charge is 2.42. The molecule has 1 heteroatoms. The van der Waals surface area contributed by atoms with Gasteiger partial charge in [-0.25, -0.2) is 4.39 Å². The maximum absolute atomic E-state index is 13.3. The maximum atomic E-state index is 13.3. The molecule has 1 aromatic rings. The summed E-state index contributed by atoms with van der Waals surface area (Å²) in [5.74, 6) is 0. The standard InChI is InChI=1S/C11H13F/c1-9-2-4-10(5-3-9)8-11(12)6-7-11/h2-5H,6-8H2,1H3. The largest absolute Gasteiger partial charge is 0.244 e. The highest BCUT2D eigenvalue weighted by molar-refractivity contribution is 5.24. The smallest absolute Gasteiger partial charge is 0.115 e. The van der Waals surface area contributed by atoms with Gasteiger partial charge in [0.2, 0.25) is 0 Å². The zero-order valence-corrected chi connectivity index (χ0v) is 7.31. The highest BCUT2D eigenvalue weighted by Crippen LogP contribution is 2.42.